The summed E-state index contributed by atoms with van der Waals surface area (Å²) in [7, 11) is 0. The summed E-state index contributed by atoms with van der Waals surface area (Å²) in [5.74, 6) is 0.750. The fourth-order valence-electron chi connectivity index (χ4n) is 2.19. The van der Waals surface area contributed by atoms with Gasteiger partial charge in [0.05, 0.1) is 6.04 Å². The number of H-pyrrole nitrogens is 1. The highest BCUT2D eigenvalue weighted by atomic mass is 35.5. The number of nitrogens with zero attached hydrogens (tertiary/aromatic N) is 2. The summed E-state index contributed by atoms with van der Waals surface area (Å²) in [6.45, 7) is 0.919. The van der Waals surface area contributed by atoms with Crippen molar-refractivity contribution < 1.29 is 4.79 Å². The van der Waals surface area contributed by atoms with Crippen LogP contribution in [-0.2, 0) is 4.79 Å². The number of anilines is 1. The molecule has 3 rings (SSSR count). The van der Waals surface area contributed by atoms with Crippen molar-refractivity contribution in [3.8, 4) is 11.4 Å². The standard InChI is InChI=1S/C13H15N5O.ClH/c19-13(11-2-1-7-14-11)17-10-5-3-9(4-6-10)12-15-8-16-18-12;/h3-6,8,11,14H,1-2,7H2,(H,17,19)(H,15,16,18);1H. The predicted molar refractivity (Wildman–Crippen MR) is 78.7 cm³/mol. The van der Waals surface area contributed by atoms with E-state index in [4.69, 9.17) is 0 Å². The van der Waals surface area contributed by atoms with Crippen LogP contribution in [0.5, 0.6) is 0 Å². The largest absolute Gasteiger partial charge is 0.325 e. The first kappa shape index (κ1) is 14.5. The molecule has 0 saturated carbocycles. The molecule has 0 bridgehead atoms. The average molecular weight is 294 g/mol. The molecule has 1 amide bonds. The summed E-state index contributed by atoms with van der Waals surface area (Å²) in [5, 5.41) is 12.7. The van der Waals surface area contributed by atoms with Gasteiger partial charge in [-0.15, -0.1) is 12.4 Å². The molecule has 0 radical (unpaired) electrons. The van der Waals surface area contributed by atoms with Crippen molar-refractivity contribution in [1.82, 2.24) is 20.5 Å². The summed E-state index contributed by atoms with van der Waals surface area (Å²) < 4.78 is 0. The third kappa shape index (κ3) is 3.15. The Morgan fingerprint density at radius 2 is 2.10 bits per heavy atom. The van der Waals surface area contributed by atoms with E-state index < -0.39 is 0 Å². The van der Waals surface area contributed by atoms with E-state index in [9.17, 15) is 4.79 Å². The van der Waals surface area contributed by atoms with Gasteiger partial charge in [0, 0.05) is 11.3 Å². The van der Waals surface area contributed by atoms with Crippen molar-refractivity contribution in [1.29, 1.82) is 0 Å². The van der Waals surface area contributed by atoms with Crippen LogP contribution in [0.1, 0.15) is 12.8 Å². The zero-order valence-corrected chi connectivity index (χ0v) is 11.6. The van der Waals surface area contributed by atoms with Gasteiger partial charge in [0.15, 0.2) is 5.82 Å². The molecular formula is C13H16ClN5O. The highest BCUT2D eigenvalue weighted by Gasteiger charge is 2.21. The highest BCUT2D eigenvalue weighted by Crippen LogP contribution is 2.17. The predicted octanol–water partition coefficient (Wildman–Crippen LogP) is 1.58. The molecule has 0 aliphatic carbocycles. The number of hydrogen-bond donors (Lipinski definition) is 3. The second kappa shape index (κ2) is 6.49. The number of rotatable bonds is 3. The molecule has 1 aromatic heterocycles. The first-order chi connectivity index (χ1) is 9.33. The molecule has 20 heavy (non-hydrogen) atoms. The molecule has 1 aromatic carbocycles. The van der Waals surface area contributed by atoms with Crippen LogP contribution in [0, 0.1) is 0 Å². The van der Waals surface area contributed by atoms with Gasteiger partial charge < -0.3 is 10.6 Å². The fourth-order valence-corrected chi connectivity index (χ4v) is 2.19. The monoisotopic (exact) mass is 293 g/mol. The van der Waals surface area contributed by atoms with E-state index in [1.807, 2.05) is 24.3 Å². The van der Waals surface area contributed by atoms with Crippen LogP contribution in [0.25, 0.3) is 11.4 Å². The molecule has 106 valence electrons. The van der Waals surface area contributed by atoms with Crippen LogP contribution in [0.4, 0.5) is 5.69 Å². The molecule has 6 nitrogen and oxygen atoms in total. The number of benzene rings is 1. The summed E-state index contributed by atoms with van der Waals surface area (Å²) in [6.07, 6.45) is 3.43. The second-order valence-electron chi connectivity index (χ2n) is 4.55. The third-order valence-corrected chi connectivity index (χ3v) is 3.22. The van der Waals surface area contributed by atoms with E-state index in [-0.39, 0.29) is 24.4 Å². The van der Waals surface area contributed by atoms with Gasteiger partial charge in [0.2, 0.25) is 5.91 Å². The Morgan fingerprint density at radius 3 is 2.70 bits per heavy atom. The smallest absolute Gasteiger partial charge is 0.241 e. The minimum atomic E-state index is -0.0612. The molecule has 3 N–H and O–H groups in total. The quantitative estimate of drug-likeness (QED) is 0.802. The Bertz CT molecular complexity index is 549. The maximum atomic E-state index is 11.9. The third-order valence-electron chi connectivity index (χ3n) is 3.22. The van der Waals surface area contributed by atoms with Crippen LogP contribution in [0.15, 0.2) is 30.6 Å². The van der Waals surface area contributed by atoms with Gasteiger partial charge >= 0.3 is 0 Å². The summed E-state index contributed by atoms with van der Waals surface area (Å²) >= 11 is 0. The van der Waals surface area contributed by atoms with Crippen molar-refractivity contribution in [3.05, 3.63) is 30.6 Å². The second-order valence-corrected chi connectivity index (χ2v) is 4.55. The lowest BCUT2D eigenvalue weighted by Gasteiger charge is -2.11. The highest BCUT2D eigenvalue weighted by molar-refractivity contribution is 5.95. The molecule has 7 heteroatoms. The fraction of sp³-hybridized carbons (Fsp3) is 0.308. The van der Waals surface area contributed by atoms with Crippen LogP contribution in [0.2, 0.25) is 0 Å². The minimum absolute atomic E-state index is 0. The van der Waals surface area contributed by atoms with Crippen molar-refractivity contribution >= 4 is 24.0 Å². The first-order valence-electron chi connectivity index (χ1n) is 6.33. The van der Waals surface area contributed by atoms with Crippen LogP contribution >= 0.6 is 12.4 Å². The molecule has 1 aliphatic heterocycles. The van der Waals surface area contributed by atoms with Gasteiger partial charge in [0.25, 0.3) is 0 Å². The molecule has 1 aliphatic rings. The zero-order valence-electron chi connectivity index (χ0n) is 10.8. The maximum Gasteiger partial charge on any atom is 0.241 e. The first-order valence-corrected chi connectivity index (χ1v) is 6.33. The van der Waals surface area contributed by atoms with Gasteiger partial charge in [-0.05, 0) is 43.7 Å². The maximum absolute atomic E-state index is 11.9. The van der Waals surface area contributed by atoms with Crippen LogP contribution in [-0.4, -0.2) is 33.7 Å². The van der Waals surface area contributed by atoms with Gasteiger partial charge in [-0.2, -0.15) is 5.10 Å². The molecule has 1 unspecified atom stereocenters. The molecular weight excluding hydrogens is 278 g/mol. The Kier molecular flexibility index (Phi) is 4.70. The zero-order chi connectivity index (χ0) is 13.1. The van der Waals surface area contributed by atoms with Crippen molar-refractivity contribution in [2.45, 2.75) is 18.9 Å². The number of halogens is 1. The van der Waals surface area contributed by atoms with Gasteiger partial charge in [0.1, 0.15) is 6.33 Å². The van der Waals surface area contributed by atoms with Gasteiger partial charge in [-0.25, -0.2) is 4.98 Å². The number of carbonyl (C=O) groups excluding carboxylic acids is 1. The molecule has 2 heterocycles. The number of aromatic amines is 1. The Labute approximate surface area is 122 Å². The Morgan fingerprint density at radius 1 is 1.30 bits per heavy atom. The molecule has 1 atom stereocenters. The van der Waals surface area contributed by atoms with E-state index in [1.165, 1.54) is 6.33 Å². The number of aromatic nitrogens is 3. The minimum Gasteiger partial charge on any atom is -0.325 e. The number of hydrogen-bond acceptors (Lipinski definition) is 4. The molecule has 0 spiro atoms. The van der Waals surface area contributed by atoms with Crippen LogP contribution in [0.3, 0.4) is 0 Å². The van der Waals surface area contributed by atoms with Crippen molar-refractivity contribution in [2.75, 3.05) is 11.9 Å². The molecule has 2 aromatic rings. The molecule has 1 fully saturated rings. The van der Waals surface area contributed by atoms with E-state index in [1.54, 1.807) is 0 Å². The number of carbonyl (C=O) groups is 1. The lowest BCUT2D eigenvalue weighted by atomic mass is 10.2. The van der Waals surface area contributed by atoms with E-state index in [0.29, 0.717) is 0 Å². The normalized spacial score (nSPS) is 17.5. The topological polar surface area (TPSA) is 82.7 Å². The van der Waals surface area contributed by atoms with E-state index in [2.05, 4.69) is 25.8 Å². The van der Waals surface area contributed by atoms with Crippen molar-refractivity contribution in [3.63, 3.8) is 0 Å². The summed E-state index contributed by atoms with van der Waals surface area (Å²) in [5.41, 5.74) is 1.73. The Hall–Kier alpha value is -1.92. The van der Waals surface area contributed by atoms with Crippen LogP contribution < -0.4 is 10.6 Å². The lowest BCUT2D eigenvalue weighted by Crippen LogP contribution is -2.35. The SMILES string of the molecule is Cl.O=C(Nc1ccc(-c2ncn[nH]2)cc1)C1CCCN1. The average Bonchev–Trinajstić information content (AvgIpc) is 3.13. The summed E-state index contributed by atoms with van der Waals surface area (Å²) in [4.78, 5) is 16.0. The lowest BCUT2D eigenvalue weighted by molar-refractivity contribution is -0.117. The summed E-state index contributed by atoms with van der Waals surface area (Å²) in [6, 6.07) is 7.47. The molecule has 1 saturated heterocycles. The number of amides is 1. The Balaban J connectivity index is 0.00000147. The van der Waals surface area contributed by atoms with Gasteiger partial charge in [-0.3, -0.25) is 9.89 Å². The van der Waals surface area contributed by atoms with Gasteiger partial charge in [-0.1, -0.05) is 0 Å². The van der Waals surface area contributed by atoms with E-state index in [0.717, 1.165) is 36.5 Å². The number of nitrogens with one attached hydrogen (secondary N) is 3. The van der Waals surface area contributed by atoms with Crippen molar-refractivity contribution in [2.24, 2.45) is 0 Å². The van der Waals surface area contributed by atoms with E-state index >= 15 is 0 Å².